The van der Waals surface area contributed by atoms with E-state index in [-0.39, 0.29) is 11.9 Å². The summed E-state index contributed by atoms with van der Waals surface area (Å²) < 4.78 is 5.36. The summed E-state index contributed by atoms with van der Waals surface area (Å²) in [5, 5.41) is 16.2. The van der Waals surface area contributed by atoms with Crippen LogP contribution in [0.2, 0.25) is 0 Å². The van der Waals surface area contributed by atoms with E-state index in [2.05, 4.69) is 52.8 Å². The number of hydrogen-bond acceptors (Lipinski definition) is 5. The normalized spacial score (nSPS) is 21.6. The molecule has 3 fully saturated rings. The molecule has 35 heavy (non-hydrogen) atoms. The molecule has 0 aromatic heterocycles. The van der Waals surface area contributed by atoms with Crippen molar-refractivity contribution in [3.63, 3.8) is 0 Å². The minimum absolute atomic E-state index is 0.218. The summed E-state index contributed by atoms with van der Waals surface area (Å²) in [6.07, 6.45) is 7.49. The topological polar surface area (TPSA) is 97.7 Å². The number of anilines is 1. The summed E-state index contributed by atoms with van der Waals surface area (Å²) >= 11 is 0. The van der Waals surface area contributed by atoms with Gasteiger partial charge in [-0.05, 0) is 31.4 Å². The zero-order valence-electron chi connectivity index (χ0n) is 20.9. The highest BCUT2D eigenvalue weighted by Crippen LogP contribution is 2.29. The third kappa shape index (κ3) is 6.66. The Balaban J connectivity index is 1.40. The van der Waals surface area contributed by atoms with Gasteiger partial charge in [0, 0.05) is 44.7 Å². The van der Waals surface area contributed by atoms with Crippen LogP contribution in [0.25, 0.3) is 0 Å². The molecule has 8 heteroatoms. The van der Waals surface area contributed by atoms with E-state index >= 15 is 0 Å². The van der Waals surface area contributed by atoms with E-state index in [9.17, 15) is 14.9 Å². The predicted octanol–water partition coefficient (Wildman–Crippen LogP) is 3.35. The van der Waals surface area contributed by atoms with Crippen LogP contribution < -0.4 is 15.5 Å². The molecule has 1 saturated carbocycles. The van der Waals surface area contributed by atoms with Gasteiger partial charge in [-0.15, -0.1) is 0 Å². The molecule has 1 aromatic carbocycles. The Labute approximate surface area is 209 Å². The molecule has 2 saturated heterocycles. The fourth-order valence-electron chi connectivity index (χ4n) is 5.48. The van der Waals surface area contributed by atoms with Crippen LogP contribution in [0.4, 0.5) is 10.5 Å². The molecule has 3 aliphatic rings. The summed E-state index contributed by atoms with van der Waals surface area (Å²) in [4.78, 5) is 30.4. The number of piperidine rings is 1. The molecule has 0 spiro atoms. The number of nitriles is 1. The van der Waals surface area contributed by atoms with E-state index in [1.54, 1.807) is 4.90 Å². The highest BCUT2D eigenvalue weighted by molar-refractivity contribution is 5.88. The Morgan fingerprint density at radius 3 is 2.37 bits per heavy atom. The van der Waals surface area contributed by atoms with Crippen LogP contribution in [0.15, 0.2) is 24.3 Å². The van der Waals surface area contributed by atoms with E-state index < -0.39 is 11.6 Å². The summed E-state index contributed by atoms with van der Waals surface area (Å²) in [5.41, 5.74) is 1.45. The number of hydrogen-bond donors (Lipinski definition) is 2. The number of urea groups is 1. The minimum atomic E-state index is -0.910. The highest BCUT2D eigenvalue weighted by atomic mass is 16.5. The van der Waals surface area contributed by atoms with Crippen molar-refractivity contribution in [2.75, 3.05) is 44.3 Å². The van der Waals surface area contributed by atoms with Crippen molar-refractivity contribution in [1.29, 1.82) is 5.26 Å². The van der Waals surface area contributed by atoms with E-state index in [1.165, 1.54) is 24.8 Å². The van der Waals surface area contributed by atoms with Crippen molar-refractivity contribution in [2.45, 2.75) is 69.9 Å². The third-order valence-corrected chi connectivity index (χ3v) is 7.80. The van der Waals surface area contributed by atoms with Crippen LogP contribution >= 0.6 is 0 Å². The van der Waals surface area contributed by atoms with E-state index in [1.807, 2.05) is 0 Å². The molecule has 2 heterocycles. The van der Waals surface area contributed by atoms with Crippen molar-refractivity contribution < 1.29 is 14.3 Å². The zero-order valence-corrected chi connectivity index (χ0v) is 20.9. The first-order chi connectivity index (χ1) is 17.0. The van der Waals surface area contributed by atoms with Gasteiger partial charge in [0.25, 0.3) is 0 Å². The number of nitrogens with zero attached hydrogens (tertiary/aromatic N) is 3. The second-order valence-corrected chi connectivity index (χ2v) is 10.3. The maximum absolute atomic E-state index is 13.5. The van der Waals surface area contributed by atoms with Crippen molar-refractivity contribution in [3.8, 4) is 6.07 Å². The van der Waals surface area contributed by atoms with Gasteiger partial charge in [-0.1, -0.05) is 49.8 Å². The second-order valence-electron chi connectivity index (χ2n) is 10.3. The Morgan fingerprint density at radius 2 is 1.74 bits per heavy atom. The van der Waals surface area contributed by atoms with Crippen LogP contribution in [0.3, 0.4) is 0 Å². The van der Waals surface area contributed by atoms with E-state index in [0.717, 1.165) is 18.5 Å². The maximum Gasteiger partial charge on any atom is 0.318 e. The molecule has 2 N–H and O–H groups in total. The number of nitrogens with one attached hydrogen (secondary N) is 2. The van der Waals surface area contributed by atoms with Crippen molar-refractivity contribution in [1.82, 2.24) is 15.5 Å². The molecule has 0 bridgehead atoms. The number of carbonyl (C=O) groups excluding carboxylic acids is 2. The molecule has 190 valence electrons. The largest absolute Gasteiger partial charge is 0.378 e. The molecule has 0 radical (unpaired) electrons. The first kappa shape index (κ1) is 25.3. The molecule has 1 aromatic rings. The second kappa shape index (κ2) is 11.8. The Bertz CT molecular complexity index is 892. The third-order valence-electron chi connectivity index (χ3n) is 7.80. The lowest BCUT2D eigenvalue weighted by atomic mass is 9.84. The van der Waals surface area contributed by atoms with Gasteiger partial charge >= 0.3 is 6.03 Å². The molecule has 4 rings (SSSR count). The van der Waals surface area contributed by atoms with Crippen LogP contribution in [-0.4, -0.2) is 67.8 Å². The van der Waals surface area contributed by atoms with E-state index in [0.29, 0.717) is 64.6 Å². The number of aryl methyl sites for hydroxylation is 1. The number of amides is 3. The smallest absolute Gasteiger partial charge is 0.318 e. The number of rotatable bonds is 6. The summed E-state index contributed by atoms with van der Waals surface area (Å²) in [6, 6.07) is 9.96. The lowest BCUT2D eigenvalue weighted by Gasteiger charge is -2.40. The van der Waals surface area contributed by atoms with Crippen LogP contribution in [-0.2, 0) is 9.53 Å². The zero-order chi connectivity index (χ0) is 24.7. The molecule has 1 unspecified atom stereocenters. The summed E-state index contributed by atoms with van der Waals surface area (Å²) in [5.74, 6) is 0.188. The van der Waals surface area contributed by atoms with Crippen LogP contribution in [0, 0.1) is 24.2 Å². The molecular formula is C27H39N5O3. The first-order valence-corrected chi connectivity index (χ1v) is 13.2. The van der Waals surface area contributed by atoms with Gasteiger partial charge in [0.2, 0.25) is 5.91 Å². The molecule has 3 amide bonds. The van der Waals surface area contributed by atoms with Gasteiger partial charge in [0.15, 0.2) is 0 Å². The number of carbonyl (C=O) groups is 2. The lowest BCUT2D eigenvalue weighted by molar-refractivity contribution is -0.125. The molecule has 1 aliphatic carbocycles. The first-order valence-electron chi connectivity index (χ1n) is 13.2. The Morgan fingerprint density at radius 1 is 1.09 bits per heavy atom. The average Bonchev–Trinajstić information content (AvgIpc) is 2.90. The maximum atomic E-state index is 13.5. The standard InChI is InChI=1S/C27H39N5O3/c1-21-7-9-23(10-8-21)31-13-11-27(20-28,12-14-31)30-25(33)24(19-22-5-3-2-4-6-22)29-26(34)32-15-17-35-18-16-32/h7-10,22,24H,2-6,11-19H2,1H3,(H,29,34)(H,30,33). The number of morpholine rings is 1. The van der Waals surface area contributed by atoms with Gasteiger partial charge in [-0.2, -0.15) is 5.26 Å². The van der Waals surface area contributed by atoms with Crippen LogP contribution in [0.5, 0.6) is 0 Å². The SMILES string of the molecule is Cc1ccc(N2CCC(C#N)(NC(=O)C(CC3CCCCC3)NC(=O)N3CCOCC3)CC2)cc1. The fraction of sp³-hybridized carbons (Fsp3) is 0.667. The monoisotopic (exact) mass is 481 g/mol. The summed E-state index contributed by atoms with van der Waals surface area (Å²) in [6.45, 7) is 5.55. The van der Waals surface area contributed by atoms with Gasteiger partial charge in [0.05, 0.1) is 19.3 Å². The van der Waals surface area contributed by atoms with Crippen molar-refractivity contribution in [2.24, 2.45) is 5.92 Å². The Kier molecular flexibility index (Phi) is 8.50. The van der Waals surface area contributed by atoms with Crippen molar-refractivity contribution >= 4 is 17.6 Å². The quantitative estimate of drug-likeness (QED) is 0.649. The van der Waals surface area contributed by atoms with Gasteiger partial charge in [-0.25, -0.2) is 4.79 Å². The number of ether oxygens (including phenoxy) is 1. The minimum Gasteiger partial charge on any atom is -0.378 e. The molecule has 1 atom stereocenters. The van der Waals surface area contributed by atoms with Gasteiger partial charge < -0.3 is 25.2 Å². The van der Waals surface area contributed by atoms with Crippen molar-refractivity contribution in [3.05, 3.63) is 29.8 Å². The molecule has 8 nitrogen and oxygen atoms in total. The van der Waals surface area contributed by atoms with E-state index in [4.69, 9.17) is 4.74 Å². The predicted molar refractivity (Wildman–Crippen MR) is 135 cm³/mol. The number of benzene rings is 1. The summed E-state index contributed by atoms with van der Waals surface area (Å²) in [7, 11) is 0. The van der Waals surface area contributed by atoms with Gasteiger partial charge in [0.1, 0.15) is 11.6 Å². The van der Waals surface area contributed by atoms with Crippen LogP contribution in [0.1, 0.15) is 56.9 Å². The molecular weight excluding hydrogens is 442 g/mol. The average molecular weight is 482 g/mol. The molecule has 2 aliphatic heterocycles. The highest BCUT2D eigenvalue weighted by Gasteiger charge is 2.39. The Hall–Kier alpha value is -2.79. The van der Waals surface area contributed by atoms with Gasteiger partial charge in [-0.3, -0.25) is 4.79 Å². The lowest BCUT2D eigenvalue weighted by Crippen LogP contribution is -2.60. The fourth-order valence-corrected chi connectivity index (χ4v) is 5.48.